The van der Waals surface area contributed by atoms with Crippen molar-refractivity contribution >= 4 is 23.0 Å². The van der Waals surface area contributed by atoms with Gasteiger partial charge in [0.15, 0.2) is 0 Å². The summed E-state index contributed by atoms with van der Waals surface area (Å²) in [6.45, 7) is 3.48. The highest BCUT2D eigenvalue weighted by atomic mass is 16.6. The molecule has 158 valence electrons. The minimum absolute atomic E-state index is 0.114. The van der Waals surface area contributed by atoms with Crippen molar-refractivity contribution in [3.8, 4) is 11.8 Å². The molecule has 0 atom stereocenters. The molecule has 0 aliphatic carbocycles. The van der Waals surface area contributed by atoms with Gasteiger partial charge in [-0.3, -0.25) is 14.9 Å². The standard InChI is InChI=1S/C22H21N5O4/c1-15-13-17(31-22-23-9-4-10-24-22)6-7-19(15)25-21(28)18-14-16(27(29)30)5-8-20(18)26-11-2-3-12-26/h4-10,13-14H,2-3,11-12H2,1H3,(H,25,28). The number of nitro benzene ring substituents is 1. The molecule has 2 heterocycles. The van der Waals surface area contributed by atoms with Gasteiger partial charge in [0.05, 0.1) is 16.2 Å². The summed E-state index contributed by atoms with van der Waals surface area (Å²) >= 11 is 0. The number of aryl methyl sites for hydroxylation is 1. The third kappa shape index (κ3) is 4.61. The molecule has 0 unspecified atom stereocenters. The van der Waals surface area contributed by atoms with Crippen LogP contribution in [0, 0.1) is 17.0 Å². The average Bonchev–Trinajstić information content (AvgIpc) is 3.30. The molecule has 1 amide bonds. The average molecular weight is 419 g/mol. The van der Waals surface area contributed by atoms with E-state index in [4.69, 9.17) is 4.74 Å². The van der Waals surface area contributed by atoms with Crippen molar-refractivity contribution in [3.63, 3.8) is 0 Å². The molecule has 1 saturated heterocycles. The van der Waals surface area contributed by atoms with Crippen molar-refractivity contribution in [2.75, 3.05) is 23.3 Å². The van der Waals surface area contributed by atoms with Crippen LogP contribution in [-0.4, -0.2) is 33.9 Å². The lowest BCUT2D eigenvalue weighted by atomic mass is 10.1. The maximum Gasteiger partial charge on any atom is 0.321 e. The quantitative estimate of drug-likeness (QED) is 0.467. The molecule has 1 aliphatic rings. The topological polar surface area (TPSA) is 110 Å². The Balaban J connectivity index is 1.57. The smallest absolute Gasteiger partial charge is 0.321 e. The number of nitrogens with one attached hydrogen (secondary N) is 1. The molecule has 2 aromatic carbocycles. The predicted octanol–water partition coefficient (Wildman–Crippen LogP) is 4.34. The first kappa shape index (κ1) is 20.3. The number of ether oxygens (including phenoxy) is 1. The van der Waals surface area contributed by atoms with Gasteiger partial charge < -0.3 is 15.0 Å². The summed E-state index contributed by atoms with van der Waals surface area (Å²) in [6, 6.07) is 11.5. The van der Waals surface area contributed by atoms with E-state index in [0.717, 1.165) is 31.5 Å². The van der Waals surface area contributed by atoms with Crippen LogP contribution in [0.2, 0.25) is 0 Å². The minimum atomic E-state index is -0.492. The van der Waals surface area contributed by atoms with E-state index in [1.54, 1.807) is 42.7 Å². The van der Waals surface area contributed by atoms with Crippen LogP contribution in [0.25, 0.3) is 0 Å². The normalized spacial score (nSPS) is 13.1. The lowest BCUT2D eigenvalue weighted by molar-refractivity contribution is -0.384. The monoisotopic (exact) mass is 419 g/mol. The van der Waals surface area contributed by atoms with Gasteiger partial charge in [-0.25, -0.2) is 9.97 Å². The van der Waals surface area contributed by atoms with Crippen molar-refractivity contribution < 1.29 is 14.5 Å². The molecular formula is C22H21N5O4. The number of amides is 1. The second-order valence-corrected chi connectivity index (χ2v) is 7.22. The number of hydrogen-bond donors (Lipinski definition) is 1. The number of aromatic nitrogens is 2. The van der Waals surface area contributed by atoms with Crippen LogP contribution in [0.4, 0.5) is 17.1 Å². The van der Waals surface area contributed by atoms with Crippen LogP contribution >= 0.6 is 0 Å². The van der Waals surface area contributed by atoms with Gasteiger partial charge in [0, 0.05) is 43.3 Å². The Morgan fingerprint density at radius 3 is 2.55 bits per heavy atom. The number of anilines is 2. The molecule has 9 heteroatoms. The second-order valence-electron chi connectivity index (χ2n) is 7.22. The van der Waals surface area contributed by atoms with Crippen LogP contribution in [0.3, 0.4) is 0 Å². The van der Waals surface area contributed by atoms with Gasteiger partial charge in [-0.1, -0.05) is 0 Å². The van der Waals surface area contributed by atoms with E-state index < -0.39 is 10.8 Å². The Labute approximate surface area is 178 Å². The van der Waals surface area contributed by atoms with Crippen molar-refractivity contribution in [2.45, 2.75) is 19.8 Å². The predicted molar refractivity (Wildman–Crippen MR) is 116 cm³/mol. The van der Waals surface area contributed by atoms with E-state index in [9.17, 15) is 14.9 Å². The summed E-state index contributed by atoms with van der Waals surface area (Å²) in [5, 5.41) is 14.1. The molecule has 1 aromatic heterocycles. The number of nitrogens with zero attached hydrogens (tertiary/aromatic N) is 4. The number of rotatable bonds is 6. The van der Waals surface area contributed by atoms with E-state index in [2.05, 4.69) is 20.2 Å². The summed E-state index contributed by atoms with van der Waals surface area (Å²) in [4.78, 5) is 34.0. The highest BCUT2D eigenvalue weighted by Gasteiger charge is 2.23. The SMILES string of the molecule is Cc1cc(Oc2ncccn2)ccc1NC(=O)c1cc([N+](=O)[O-])ccc1N1CCCC1. The zero-order chi connectivity index (χ0) is 21.8. The Morgan fingerprint density at radius 2 is 1.87 bits per heavy atom. The second kappa shape index (κ2) is 8.78. The number of nitro groups is 1. The molecule has 0 spiro atoms. The van der Waals surface area contributed by atoms with Gasteiger partial charge in [-0.2, -0.15) is 0 Å². The fraction of sp³-hybridized carbons (Fsp3) is 0.227. The number of benzene rings is 2. The lowest BCUT2D eigenvalue weighted by Gasteiger charge is -2.21. The fourth-order valence-electron chi connectivity index (χ4n) is 3.53. The van der Waals surface area contributed by atoms with E-state index in [-0.39, 0.29) is 17.3 Å². The number of carbonyl (C=O) groups is 1. The highest BCUT2D eigenvalue weighted by molar-refractivity contribution is 6.09. The molecule has 4 rings (SSSR count). The Morgan fingerprint density at radius 1 is 1.13 bits per heavy atom. The van der Waals surface area contributed by atoms with Gasteiger partial charge >= 0.3 is 6.01 Å². The first-order valence-corrected chi connectivity index (χ1v) is 9.91. The van der Waals surface area contributed by atoms with Gasteiger partial charge in [0.1, 0.15) is 5.75 Å². The highest BCUT2D eigenvalue weighted by Crippen LogP contribution is 2.30. The van der Waals surface area contributed by atoms with Crippen molar-refractivity contribution in [1.82, 2.24) is 9.97 Å². The van der Waals surface area contributed by atoms with Crippen molar-refractivity contribution in [2.24, 2.45) is 0 Å². The summed E-state index contributed by atoms with van der Waals surface area (Å²) in [5.41, 5.74) is 2.24. The van der Waals surface area contributed by atoms with Crippen molar-refractivity contribution in [3.05, 3.63) is 76.1 Å². The summed E-state index contributed by atoms with van der Waals surface area (Å²) in [5.74, 6) is 0.142. The van der Waals surface area contributed by atoms with Gasteiger partial charge in [-0.15, -0.1) is 0 Å². The minimum Gasteiger partial charge on any atom is -0.424 e. The third-order valence-electron chi connectivity index (χ3n) is 5.08. The molecule has 1 N–H and O–H groups in total. The summed E-state index contributed by atoms with van der Waals surface area (Å²) < 4.78 is 5.62. The van der Waals surface area contributed by atoms with E-state index in [1.165, 1.54) is 12.1 Å². The third-order valence-corrected chi connectivity index (χ3v) is 5.08. The number of carbonyl (C=O) groups excluding carboxylic acids is 1. The van der Waals surface area contributed by atoms with Crippen LogP contribution < -0.4 is 15.0 Å². The zero-order valence-corrected chi connectivity index (χ0v) is 16.9. The first-order chi connectivity index (χ1) is 15.0. The van der Waals surface area contributed by atoms with Crippen molar-refractivity contribution in [1.29, 1.82) is 0 Å². The molecule has 0 saturated carbocycles. The van der Waals surface area contributed by atoms with Crippen LogP contribution in [0.1, 0.15) is 28.8 Å². The molecule has 0 radical (unpaired) electrons. The molecule has 0 bridgehead atoms. The van der Waals surface area contributed by atoms with E-state index >= 15 is 0 Å². The first-order valence-electron chi connectivity index (χ1n) is 9.91. The Bertz CT molecular complexity index is 1110. The van der Waals surface area contributed by atoms with Gasteiger partial charge in [-0.05, 0) is 55.7 Å². The molecule has 1 aliphatic heterocycles. The molecular weight excluding hydrogens is 398 g/mol. The lowest BCUT2D eigenvalue weighted by Crippen LogP contribution is -2.23. The van der Waals surface area contributed by atoms with E-state index in [1.807, 2.05) is 6.92 Å². The summed E-state index contributed by atoms with van der Waals surface area (Å²) in [6.07, 6.45) is 5.23. The Hall–Kier alpha value is -4.01. The molecule has 3 aromatic rings. The van der Waals surface area contributed by atoms with E-state index in [0.29, 0.717) is 17.1 Å². The van der Waals surface area contributed by atoms with Crippen LogP contribution in [0.5, 0.6) is 11.8 Å². The maximum absolute atomic E-state index is 13.1. The van der Waals surface area contributed by atoms with Gasteiger partial charge in [0.25, 0.3) is 11.6 Å². The number of hydrogen-bond acceptors (Lipinski definition) is 7. The van der Waals surface area contributed by atoms with Gasteiger partial charge in [0.2, 0.25) is 0 Å². The fourth-order valence-corrected chi connectivity index (χ4v) is 3.53. The zero-order valence-electron chi connectivity index (χ0n) is 16.9. The largest absolute Gasteiger partial charge is 0.424 e. The summed E-state index contributed by atoms with van der Waals surface area (Å²) in [7, 11) is 0. The molecule has 31 heavy (non-hydrogen) atoms. The van der Waals surface area contributed by atoms with Crippen LogP contribution in [0.15, 0.2) is 54.9 Å². The number of non-ortho nitro benzene ring substituents is 1. The maximum atomic E-state index is 13.1. The Kier molecular flexibility index (Phi) is 5.74. The molecule has 1 fully saturated rings. The molecule has 9 nitrogen and oxygen atoms in total. The van der Waals surface area contributed by atoms with Crippen LogP contribution in [-0.2, 0) is 0 Å².